The molecular formula is C20H16Br4Cl4O4S2. The Kier molecular flexibility index (Phi) is 12.8. The molecule has 4 nitrogen and oxygen atoms in total. The predicted octanol–water partition coefficient (Wildman–Crippen LogP) is 9.69. The van der Waals surface area contributed by atoms with E-state index in [4.69, 9.17) is 65.4 Å². The van der Waals surface area contributed by atoms with Crippen molar-refractivity contribution in [2.75, 3.05) is 26.4 Å². The molecular weight excluding hydrogens is 830 g/mol. The lowest BCUT2D eigenvalue weighted by atomic mass is 10.3. The molecule has 2 aromatic carbocycles. The average Bonchev–Trinajstić information content (AvgIpc) is 2.77. The van der Waals surface area contributed by atoms with Crippen molar-refractivity contribution in [1.29, 1.82) is 0 Å². The van der Waals surface area contributed by atoms with Gasteiger partial charge >= 0.3 is 0 Å². The maximum absolute atomic E-state index is 6.47. The van der Waals surface area contributed by atoms with Gasteiger partial charge in [-0.25, -0.2) is 0 Å². The van der Waals surface area contributed by atoms with Crippen LogP contribution in [0.4, 0.5) is 0 Å². The number of rotatable bonds is 0. The van der Waals surface area contributed by atoms with Crippen molar-refractivity contribution in [1.82, 2.24) is 0 Å². The van der Waals surface area contributed by atoms with Crippen LogP contribution in [0.5, 0.6) is 23.0 Å². The Morgan fingerprint density at radius 1 is 0.500 bits per heavy atom. The predicted molar refractivity (Wildman–Crippen MR) is 159 cm³/mol. The number of fused-ring (bicyclic) bond motifs is 2. The molecule has 0 N–H and O–H groups in total. The smallest absolute Gasteiger partial charge is 0.162 e. The number of hydrogen-bond donors (Lipinski definition) is 0. The third kappa shape index (κ3) is 9.31. The van der Waals surface area contributed by atoms with Gasteiger partial charge in [-0.2, -0.15) is 0 Å². The molecule has 4 atom stereocenters. The molecule has 0 radical (unpaired) electrons. The van der Waals surface area contributed by atoms with E-state index in [0.717, 1.165) is 17.9 Å². The summed E-state index contributed by atoms with van der Waals surface area (Å²) in [6.07, 6.45) is 0. The van der Waals surface area contributed by atoms with Crippen molar-refractivity contribution in [3.05, 3.63) is 42.2 Å². The summed E-state index contributed by atoms with van der Waals surface area (Å²) < 4.78 is 25.3. The molecule has 0 aliphatic carbocycles. The van der Waals surface area contributed by atoms with Crippen LogP contribution in [0.25, 0.3) is 0 Å². The summed E-state index contributed by atoms with van der Waals surface area (Å²) in [5.41, 5.74) is 0. The van der Waals surface area contributed by atoms with Gasteiger partial charge in [-0.1, -0.05) is 0 Å². The van der Waals surface area contributed by atoms with E-state index in [1.54, 1.807) is 24.3 Å². The van der Waals surface area contributed by atoms with E-state index in [0.29, 0.717) is 23.0 Å². The number of benzene rings is 2. The van der Waals surface area contributed by atoms with Crippen molar-refractivity contribution >= 4 is 134 Å². The zero-order valence-electron chi connectivity index (χ0n) is 16.9. The maximum Gasteiger partial charge on any atom is 0.162 e. The van der Waals surface area contributed by atoms with Crippen LogP contribution in [0.1, 0.15) is 0 Å². The highest BCUT2D eigenvalue weighted by atomic mass is 79.9. The van der Waals surface area contributed by atoms with Gasteiger partial charge in [0.05, 0.1) is 0 Å². The summed E-state index contributed by atoms with van der Waals surface area (Å²) in [5.74, 6) is 2.09. The monoisotopic (exact) mass is 840 g/mol. The summed E-state index contributed by atoms with van der Waals surface area (Å²) in [5, 5.41) is 0. The van der Waals surface area contributed by atoms with Crippen molar-refractivity contribution < 1.29 is 18.9 Å². The molecule has 14 heteroatoms. The fourth-order valence-electron chi connectivity index (χ4n) is 2.57. The molecule has 0 fully saturated rings. The Morgan fingerprint density at radius 2 is 0.706 bits per heavy atom. The molecule has 34 heavy (non-hydrogen) atoms. The lowest BCUT2D eigenvalue weighted by Crippen LogP contribution is -2.18. The molecule has 0 bridgehead atoms. The van der Waals surface area contributed by atoms with E-state index in [-0.39, 0.29) is 26.4 Å². The van der Waals surface area contributed by atoms with Gasteiger partial charge in [-0.05, 0) is 88.0 Å². The summed E-state index contributed by atoms with van der Waals surface area (Å²) >= 11 is 42.4. The zero-order valence-corrected chi connectivity index (χ0v) is 27.9. The number of hydrogen-bond acceptors (Lipinski definition) is 6. The fraction of sp³-hybridized carbons (Fsp3) is 0.400. The number of halogens is 8. The van der Waals surface area contributed by atoms with Crippen molar-refractivity contribution in [3.63, 3.8) is 0 Å². The van der Waals surface area contributed by atoms with Gasteiger partial charge in [-0.3, -0.25) is 0 Å². The van der Waals surface area contributed by atoms with Crippen molar-refractivity contribution in [3.8, 4) is 23.0 Å². The van der Waals surface area contributed by atoms with Crippen LogP contribution >= 0.6 is 134 Å². The van der Waals surface area contributed by atoms with Crippen LogP contribution in [-0.2, 0) is 0 Å². The molecule has 188 valence electrons. The van der Waals surface area contributed by atoms with Crippen LogP contribution < -0.4 is 18.9 Å². The highest BCUT2D eigenvalue weighted by molar-refractivity contribution is 9.13. The lowest BCUT2D eigenvalue weighted by molar-refractivity contribution is 0.279. The average molecular weight is 846 g/mol. The molecule has 1 aliphatic rings. The van der Waals surface area contributed by atoms with E-state index >= 15 is 0 Å². The number of thioether (sulfide) groups is 2. The van der Waals surface area contributed by atoms with Crippen LogP contribution in [0.15, 0.2) is 42.2 Å². The molecule has 3 rings (SSSR count). The molecule has 0 saturated carbocycles. The highest BCUT2D eigenvalue weighted by Gasteiger charge is 2.21. The second-order valence-electron chi connectivity index (χ2n) is 6.58. The first kappa shape index (κ1) is 30.0. The Hall–Kier alpha value is 1.42. The van der Waals surface area contributed by atoms with E-state index in [9.17, 15) is 0 Å². The molecule has 0 aromatic heterocycles. The quantitative estimate of drug-likeness (QED) is 0.246. The third-order valence-corrected chi connectivity index (χ3v) is 11.2. The van der Waals surface area contributed by atoms with Crippen LogP contribution in [-0.4, -0.2) is 45.3 Å². The molecule has 1 aliphatic heterocycles. The first-order valence-corrected chi connectivity index (χ1v) is 16.3. The second kappa shape index (κ2) is 14.5. The van der Waals surface area contributed by atoms with E-state index < -0.39 is 18.8 Å². The van der Waals surface area contributed by atoms with Crippen LogP contribution in [0.3, 0.4) is 0 Å². The molecule has 2 aromatic rings. The summed E-state index contributed by atoms with van der Waals surface area (Å²) in [4.78, 5) is 0. The summed E-state index contributed by atoms with van der Waals surface area (Å²) in [7, 11) is 0. The minimum Gasteiger partial charge on any atom is -0.487 e. The Morgan fingerprint density at radius 3 is 0.912 bits per heavy atom. The topological polar surface area (TPSA) is 36.9 Å². The summed E-state index contributed by atoms with van der Waals surface area (Å²) in [6, 6.07) is 7.20. The van der Waals surface area contributed by atoms with E-state index in [1.807, 2.05) is 0 Å². The minimum atomic E-state index is -0.430. The molecule has 1 heterocycles. The zero-order chi connectivity index (χ0) is 24.8. The van der Waals surface area contributed by atoms with Gasteiger partial charge in [0.2, 0.25) is 0 Å². The van der Waals surface area contributed by atoms with Gasteiger partial charge in [0.1, 0.15) is 45.3 Å². The first-order chi connectivity index (χ1) is 16.1. The van der Waals surface area contributed by atoms with Gasteiger partial charge in [-0.15, -0.1) is 69.9 Å². The molecule has 0 saturated heterocycles. The number of ether oxygens (including phenoxy) is 4. The lowest BCUT2D eigenvalue weighted by Gasteiger charge is -2.21. The van der Waals surface area contributed by atoms with Gasteiger partial charge in [0, 0.05) is 17.9 Å². The maximum atomic E-state index is 6.47. The standard InChI is InChI=1S/C20H16Br4Cl4O4S2/c21-9-1-13-14(2-10(9)22)30-6-18(26)34-20(28)8-32-16-4-12(24)11(23)3-15(16)31-7-19(27)33-17(25)5-29-13/h1-4,17-20H,5-8H2. The number of alkyl halides is 4. The molecule has 0 amide bonds. The normalized spacial score (nSPS) is 24.7. The second-order valence-corrected chi connectivity index (χ2v) is 16.0. The van der Waals surface area contributed by atoms with Gasteiger partial charge in [0.25, 0.3) is 0 Å². The SMILES string of the molecule is ClC1COc2cc(Br)c(Br)cc2OCC(Cl)SC(Cl)COc2cc(Br)c(Br)cc2OCC(Cl)S1. The highest BCUT2D eigenvalue weighted by Crippen LogP contribution is 2.40. The minimum absolute atomic E-state index is 0.195. The fourth-order valence-corrected chi connectivity index (χ4v) is 7.15. The van der Waals surface area contributed by atoms with E-state index in [2.05, 4.69) is 63.7 Å². The first-order valence-electron chi connectivity index (χ1n) is 9.49. The third-order valence-electron chi connectivity index (χ3n) is 4.04. The van der Waals surface area contributed by atoms with Crippen LogP contribution in [0, 0.1) is 0 Å². The Balaban J connectivity index is 1.80. The molecule has 0 spiro atoms. The van der Waals surface area contributed by atoms with E-state index in [1.165, 1.54) is 23.5 Å². The van der Waals surface area contributed by atoms with Crippen LogP contribution in [0.2, 0.25) is 0 Å². The summed E-state index contributed by atoms with van der Waals surface area (Å²) in [6.45, 7) is 0.781. The van der Waals surface area contributed by atoms with Crippen molar-refractivity contribution in [2.45, 2.75) is 18.8 Å². The van der Waals surface area contributed by atoms with Gasteiger partial charge in [0.15, 0.2) is 23.0 Å². The largest absolute Gasteiger partial charge is 0.487 e. The van der Waals surface area contributed by atoms with Gasteiger partial charge < -0.3 is 18.9 Å². The molecule has 4 unspecified atom stereocenters. The Bertz CT molecular complexity index is 843. The Labute approximate surface area is 260 Å². The van der Waals surface area contributed by atoms with Crippen molar-refractivity contribution in [2.24, 2.45) is 0 Å².